The van der Waals surface area contributed by atoms with Crippen molar-refractivity contribution in [1.82, 2.24) is 10.2 Å². The molecule has 0 saturated heterocycles. The summed E-state index contributed by atoms with van der Waals surface area (Å²) in [5, 5.41) is 11.4. The second-order valence-corrected chi connectivity index (χ2v) is 3.84. The maximum Gasteiger partial charge on any atom is 0.327 e. The van der Waals surface area contributed by atoms with Crippen LogP contribution in [0.3, 0.4) is 0 Å². The Kier molecular flexibility index (Phi) is 7.54. The van der Waals surface area contributed by atoms with Gasteiger partial charge in [-0.3, -0.25) is 4.79 Å². The molecule has 0 aromatic heterocycles. The van der Waals surface area contributed by atoms with Crippen molar-refractivity contribution >= 4 is 11.9 Å². The average molecular weight is 230 g/mol. The Morgan fingerprint density at radius 2 is 2.00 bits per heavy atom. The van der Waals surface area contributed by atoms with Crippen molar-refractivity contribution < 1.29 is 14.7 Å². The lowest BCUT2D eigenvalue weighted by Gasteiger charge is -2.24. The van der Waals surface area contributed by atoms with Gasteiger partial charge in [0, 0.05) is 13.5 Å². The van der Waals surface area contributed by atoms with Crippen molar-refractivity contribution in [2.24, 2.45) is 0 Å². The zero-order valence-electron chi connectivity index (χ0n) is 10.3. The number of hydrogen-bond donors (Lipinski definition) is 2. The third kappa shape index (κ3) is 6.40. The number of aliphatic carboxylic acids is 1. The first-order valence-electron chi connectivity index (χ1n) is 5.73. The molecular formula is C11H22N2O3. The molecule has 2 N–H and O–H groups in total. The summed E-state index contributed by atoms with van der Waals surface area (Å²) in [7, 11) is 0. The Balaban J connectivity index is 4.22. The maximum absolute atomic E-state index is 10.9. The summed E-state index contributed by atoms with van der Waals surface area (Å²) in [6.45, 7) is 7.45. The monoisotopic (exact) mass is 230 g/mol. The van der Waals surface area contributed by atoms with E-state index in [-0.39, 0.29) is 5.91 Å². The molecule has 0 aromatic rings. The lowest BCUT2D eigenvalue weighted by molar-refractivity contribution is -0.142. The third-order valence-corrected chi connectivity index (χ3v) is 2.39. The quantitative estimate of drug-likeness (QED) is 0.644. The SMILES string of the molecule is CCCCN(CC)CC(NC(C)=O)C(=O)O. The molecule has 1 atom stereocenters. The molecule has 5 heteroatoms. The van der Waals surface area contributed by atoms with Gasteiger partial charge in [-0.2, -0.15) is 0 Å². The van der Waals surface area contributed by atoms with E-state index in [0.717, 1.165) is 25.9 Å². The molecule has 0 aromatic carbocycles. The number of carbonyl (C=O) groups excluding carboxylic acids is 1. The smallest absolute Gasteiger partial charge is 0.327 e. The highest BCUT2D eigenvalue weighted by Gasteiger charge is 2.20. The Morgan fingerprint density at radius 1 is 1.38 bits per heavy atom. The Hall–Kier alpha value is -1.10. The van der Waals surface area contributed by atoms with Crippen molar-refractivity contribution in [2.45, 2.75) is 39.7 Å². The maximum atomic E-state index is 10.9. The van der Waals surface area contributed by atoms with Gasteiger partial charge in [-0.25, -0.2) is 4.79 Å². The molecule has 0 spiro atoms. The number of carbonyl (C=O) groups is 2. The predicted molar refractivity (Wildman–Crippen MR) is 62.3 cm³/mol. The van der Waals surface area contributed by atoms with Crippen LogP contribution in [0.2, 0.25) is 0 Å². The Labute approximate surface area is 96.8 Å². The lowest BCUT2D eigenvalue weighted by atomic mass is 10.2. The molecule has 1 unspecified atom stereocenters. The zero-order chi connectivity index (χ0) is 12.6. The molecule has 0 aliphatic heterocycles. The van der Waals surface area contributed by atoms with Gasteiger partial charge >= 0.3 is 5.97 Å². The number of carboxylic acids is 1. The van der Waals surface area contributed by atoms with Crippen LogP contribution in [0.15, 0.2) is 0 Å². The minimum Gasteiger partial charge on any atom is -0.480 e. The lowest BCUT2D eigenvalue weighted by Crippen LogP contribution is -2.48. The molecule has 0 aliphatic carbocycles. The standard InChI is InChI=1S/C11H22N2O3/c1-4-6-7-13(5-2)8-10(11(15)16)12-9(3)14/h10H,4-8H2,1-3H3,(H,12,14)(H,15,16). The molecule has 5 nitrogen and oxygen atoms in total. The normalized spacial score (nSPS) is 12.5. The van der Waals surface area contributed by atoms with E-state index in [4.69, 9.17) is 5.11 Å². The molecule has 16 heavy (non-hydrogen) atoms. The number of nitrogens with one attached hydrogen (secondary N) is 1. The van der Waals surface area contributed by atoms with Gasteiger partial charge in [0.25, 0.3) is 0 Å². The number of hydrogen-bond acceptors (Lipinski definition) is 3. The largest absolute Gasteiger partial charge is 0.480 e. The number of carboxylic acid groups (broad SMARTS) is 1. The predicted octanol–water partition coefficient (Wildman–Crippen LogP) is 0.698. The fourth-order valence-corrected chi connectivity index (χ4v) is 1.45. The Morgan fingerprint density at radius 3 is 2.38 bits per heavy atom. The molecule has 0 fully saturated rings. The third-order valence-electron chi connectivity index (χ3n) is 2.39. The van der Waals surface area contributed by atoms with E-state index < -0.39 is 12.0 Å². The topological polar surface area (TPSA) is 69.6 Å². The van der Waals surface area contributed by atoms with Crippen molar-refractivity contribution in [2.75, 3.05) is 19.6 Å². The summed E-state index contributed by atoms with van der Waals surface area (Å²) in [6.07, 6.45) is 2.12. The van der Waals surface area contributed by atoms with Crippen molar-refractivity contribution in [3.8, 4) is 0 Å². The second-order valence-electron chi connectivity index (χ2n) is 3.84. The summed E-state index contributed by atoms with van der Waals surface area (Å²) in [4.78, 5) is 23.8. The fraction of sp³-hybridized carbons (Fsp3) is 0.818. The van der Waals surface area contributed by atoms with E-state index in [1.165, 1.54) is 6.92 Å². The van der Waals surface area contributed by atoms with Crippen LogP contribution in [0.5, 0.6) is 0 Å². The highest BCUT2D eigenvalue weighted by molar-refractivity contribution is 5.82. The molecule has 0 bridgehead atoms. The molecule has 0 aliphatic rings. The van der Waals surface area contributed by atoms with Gasteiger partial charge < -0.3 is 15.3 Å². The van der Waals surface area contributed by atoms with Crippen LogP contribution in [0.25, 0.3) is 0 Å². The van der Waals surface area contributed by atoms with E-state index in [9.17, 15) is 9.59 Å². The van der Waals surface area contributed by atoms with Gasteiger partial charge in [-0.15, -0.1) is 0 Å². The first-order valence-corrected chi connectivity index (χ1v) is 5.73. The van der Waals surface area contributed by atoms with Crippen LogP contribution in [-0.4, -0.2) is 47.6 Å². The van der Waals surface area contributed by atoms with Gasteiger partial charge in [-0.1, -0.05) is 20.3 Å². The molecule has 0 heterocycles. The van der Waals surface area contributed by atoms with E-state index in [0.29, 0.717) is 6.54 Å². The van der Waals surface area contributed by atoms with Crippen LogP contribution >= 0.6 is 0 Å². The summed E-state index contributed by atoms with van der Waals surface area (Å²) < 4.78 is 0. The van der Waals surface area contributed by atoms with E-state index in [2.05, 4.69) is 12.2 Å². The van der Waals surface area contributed by atoms with Crippen molar-refractivity contribution in [3.05, 3.63) is 0 Å². The van der Waals surface area contributed by atoms with Crippen LogP contribution in [0, 0.1) is 0 Å². The van der Waals surface area contributed by atoms with E-state index in [1.54, 1.807) is 0 Å². The molecule has 0 saturated carbocycles. The van der Waals surface area contributed by atoms with Gasteiger partial charge in [-0.05, 0) is 19.5 Å². The first-order chi connectivity index (χ1) is 7.51. The first kappa shape index (κ1) is 14.9. The number of nitrogens with zero attached hydrogens (tertiary/aromatic N) is 1. The highest BCUT2D eigenvalue weighted by Crippen LogP contribution is 1.97. The molecule has 0 rings (SSSR count). The van der Waals surface area contributed by atoms with Gasteiger partial charge in [0.05, 0.1) is 0 Å². The summed E-state index contributed by atoms with van der Waals surface area (Å²) in [5.74, 6) is -1.29. The average Bonchev–Trinajstić information content (AvgIpc) is 2.21. The number of likely N-dealkylation sites (N-methyl/N-ethyl adjacent to an activating group) is 1. The van der Waals surface area contributed by atoms with Crippen LogP contribution < -0.4 is 5.32 Å². The van der Waals surface area contributed by atoms with Crippen LogP contribution in [0.1, 0.15) is 33.6 Å². The molecule has 94 valence electrons. The number of unbranched alkanes of at least 4 members (excludes halogenated alkanes) is 1. The number of rotatable bonds is 8. The van der Waals surface area contributed by atoms with Crippen molar-refractivity contribution in [3.63, 3.8) is 0 Å². The Bertz CT molecular complexity index is 231. The van der Waals surface area contributed by atoms with Crippen LogP contribution in [0.4, 0.5) is 0 Å². The summed E-state index contributed by atoms with van der Waals surface area (Å²) >= 11 is 0. The summed E-state index contributed by atoms with van der Waals surface area (Å²) in [6, 6.07) is -0.811. The van der Waals surface area contributed by atoms with E-state index >= 15 is 0 Å². The number of amides is 1. The van der Waals surface area contributed by atoms with Gasteiger partial charge in [0.2, 0.25) is 5.91 Å². The zero-order valence-corrected chi connectivity index (χ0v) is 10.3. The van der Waals surface area contributed by atoms with Gasteiger partial charge in [0.1, 0.15) is 6.04 Å². The van der Waals surface area contributed by atoms with Crippen molar-refractivity contribution in [1.29, 1.82) is 0 Å². The van der Waals surface area contributed by atoms with Crippen LogP contribution in [-0.2, 0) is 9.59 Å². The minimum atomic E-state index is -0.981. The van der Waals surface area contributed by atoms with E-state index in [1.807, 2.05) is 11.8 Å². The molecule has 0 radical (unpaired) electrons. The summed E-state index contributed by atoms with van der Waals surface area (Å²) in [5.41, 5.74) is 0. The molecule has 1 amide bonds. The minimum absolute atomic E-state index is 0.307. The molecular weight excluding hydrogens is 208 g/mol. The fourth-order valence-electron chi connectivity index (χ4n) is 1.45. The second kappa shape index (κ2) is 8.10. The highest BCUT2D eigenvalue weighted by atomic mass is 16.4. The van der Waals surface area contributed by atoms with Gasteiger partial charge in [0.15, 0.2) is 0 Å².